The molecule has 2 saturated heterocycles. The number of pyridine rings is 1. The van der Waals surface area contributed by atoms with E-state index < -0.39 is 12.1 Å². The van der Waals surface area contributed by atoms with E-state index in [0.29, 0.717) is 18.2 Å². The average molecular weight is 605 g/mol. The summed E-state index contributed by atoms with van der Waals surface area (Å²) in [4.78, 5) is 48.4. The Morgan fingerprint density at radius 3 is 2.51 bits per heavy atom. The van der Waals surface area contributed by atoms with Gasteiger partial charge in [-0.1, -0.05) is 24.3 Å². The van der Waals surface area contributed by atoms with Gasteiger partial charge in [0.1, 0.15) is 17.7 Å². The Balaban J connectivity index is 1.02. The van der Waals surface area contributed by atoms with Gasteiger partial charge in [0.05, 0.1) is 36.6 Å². The monoisotopic (exact) mass is 604 g/mol. The topological polar surface area (TPSA) is 141 Å². The van der Waals surface area contributed by atoms with Crippen LogP contribution in [0, 0.1) is 5.92 Å². The lowest BCUT2D eigenvalue weighted by atomic mass is 10.00. The quantitative estimate of drug-likeness (QED) is 0.195. The van der Waals surface area contributed by atoms with E-state index in [1.807, 2.05) is 17.3 Å². The molecule has 0 spiro atoms. The highest BCUT2D eigenvalue weighted by Crippen LogP contribution is 2.38. The van der Waals surface area contributed by atoms with Crippen LogP contribution in [0.5, 0.6) is 0 Å². The van der Waals surface area contributed by atoms with Crippen LogP contribution in [-0.2, 0) is 9.53 Å². The molecule has 3 aromatic heterocycles. The standard InChI is InChI=1S/C34H36N8O3/c1-45-34(44)40-29(19-6-7-19)33(43)42-13-3-5-28(42)32-38-26-16-24(17-36-31(26)41-32)22-9-8-21-15-23(11-10-20(21)14-22)27-18-37-30(39-27)25-4-2-12-35-25/h8-11,14-19,25,28-29,35H,2-7,12-13H2,1H3,(H,37,39)(H,40,44)(H,36,38,41)/t25-,28-,29-/m0/s1. The second-order valence-electron chi connectivity index (χ2n) is 12.5. The summed E-state index contributed by atoms with van der Waals surface area (Å²) < 4.78 is 4.78. The number of benzene rings is 2. The highest BCUT2D eigenvalue weighted by atomic mass is 16.5. The van der Waals surface area contributed by atoms with Gasteiger partial charge < -0.3 is 30.2 Å². The van der Waals surface area contributed by atoms with Crippen molar-refractivity contribution in [3.05, 3.63) is 66.5 Å². The Morgan fingerprint density at radius 1 is 0.911 bits per heavy atom. The van der Waals surface area contributed by atoms with Gasteiger partial charge in [0.25, 0.3) is 0 Å². The molecule has 0 bridgehead atoms. The Labute approximate surface area is 260 Å². The van der Waals surface area contributed by atoms with Gasteiger partial charge in [0, 0.05) is 23.9 Å². The fraction of sp³-hybridized carbons (Fsp3) is 0.382. The summed E-state index contributed by atoms with van der Waals surface area (Å²) in [6.45, 7) is 1.67. The molecule has 2 amide bonds. The predicted molar refractivity (Wildman–Crippen MR) is 170 cm³/mol. The number of nitrogens with one attached hydrogen (secondary N) is 4. The molecule has 5 heterocycles. The van der Waals surface area contributed by atoms with Crippen molar-refractivity contribution in [1.29, 1.82) is 0 Å². The van der Waals surface area contributed by atoms with Gasteiger partial charge in [-0.2, -0.15) is 0 Å². The van der Waals surface area contributed by atoms with Gasteiger partial charge in [0.2, 0.25) is 5.91 Å². The summed E-state index contributed by atoms with van der Waals surface area (Å²) in [5.74, 6) is 1.82. The minimum absolute atomic E-state index is 0.0717. The highest BCUT2D eigenvalue weighted by Gasteiger charge is 2.43. The number of aromatic amines is 2. The summed E-state index contributed by atoms with van der Waals surface area (Å²) in [5.41, 5.74) is 5.65. The zero-order valence-electron chi connectivity index (χ0n) is 25.2. The Bertz CT molecular complexity index is 1900. The molecule has 11 heteroatoms. The van der Waals surface area contributed by atoms with Gasteiger partial charge in [0.15, 0.2) is 5.65 Å². The molecule has 0 radical (unpaired) electrons. The maximum absolute atomic E-state index is 13.6. The number of imidazole rings is 2. The molecule has 5 aromatic rings. The molecule has 4 N–H and O–H groups in total. The number of aromatic nitrogens is 5. The third kappa shape index (κ3) is 5.31. The van der Waals surface area contributed by atoms with Crippen molar-refractivity contribution in [1.82, 2.24) is 40.5 Å². The summed E-state index contributed by atoms with van der Waals surface area (Å²) in [5, 5.41) is 8.56. The van der Waals surface area contributed by atoms with Gasteiger partial charge in [-0.3, -0.25) is 4.79 Å². The van der Waals surface area contributed by atoms with Crippen molar-refractivity contribution in [2.75, 3.05) is 20.2 Å². The van der Waals surface area contributed by atoms with Crippen LogP contribution in [0.25, 0.3) is 44.3 Å². The molecular weight excluding hydrogens is 568 g/mol. The van der Waals surface area contributed by atoms with E-state index in [9.17, 15) is 9.59 Å². The van der Waals surface area contributed by atoms with Gasteiger partial charge in [-0.15, -0.1) is 0 Å². The third-order valence-corrected chi connectivity index (χ3v) is 9.50. The van der Waals surface area contributed by atoms with Gasteiger partial charge in [-0.25, -0.2) is 19.7 Å². The number of fused-ring (bicyclic) bond motifs is 2. The summed E-state index contributed by atoms with van der Waals surface area (Å²) in [6, 6.07) is 14.6. The van der Waals surface area contributed by atoms with Crippen molar-refractivity contribution < 1.29 is 14.3 Å². The van der Waals surface area contributed by atoms with Gasteiger partial charge in [-0.05, 0) is 85.5 Å². The average Bonchev–Trinajstić information content (AvgIpc) is 3.55. The molecule has 0 unspecified atom stereocenters. The molecule has 45 heavy (non-hydrogen) atoms. The van der Waals surface area contributed by atoms with Crippen molar-refractivity contribution in [3.63, 3.8) is 0 Å². The third-order valence-electron chi connectivity index (χ3n) is 9.50. The van der Waals surface area contributed by atoms with Crippen LogP contribution in [-0.4, -0.2) is 68.1 Å². The van der Waals surface area contributed by atoms with Crippen molar-refractivity contribution in [2.24, 2.45) is 5.92 Å². The van der Waals surface area contributed by atoms with Crippen LogP contribution < -0.4 is 10.6 Å². The molecule has 2 aliphatic heterocycles. The summed E-state index contributed by atoms with van der Waals surface area (Å²) in [6.07, 6.45) is 9.03. The molecule has 8 rings (SSSR count). The zero-order chi connectivity index (χ0) is 30.5. The van der Waals surface area contributed by atoms with E-state index in [-0.39, 0.29) is 17.9 Å². The minimum atomic E-state index is -0.575. The number of hydrogen-bond acceptors (Lipinski definition) is 7. The summed E-state index contributed by atoms with van der Waals surface area (Å²) >= 11 is 0. The predicted octanol–water partition coefficient (Wildman–Crippen LogP) is 5.39. The van der Waals surface area contributed by atoms with Crippen LogP contribution in [0.15, 0.2) is 54.9 Å². The van der Waals surface area contributed by atoms with Crippen LogP contribution >= 0.6 is 0 Å². The number of alkyl carbamates (subject to hydrolysis) is 1. The minimum Gasteiger partial charge on any atom is -0.453 e. The number of carbonyl (C=O) groups excluding carboxylic acids is 2. The first-order chi connectivity index (χ1) is 22.0. The number of ether oxygens (including phenoxy) is 1. The van der Waals surface area contributed by atoms with Crippen LogP contribution in [0.2, 0.25) is 0 Å². The smallest absolute Gasteiger partial charge is 0.407 e. The largest absolute Gasteiger partial charge is 0.453 e. The summed E-state index contributed by atoms with van der Waals surface area (Å²) in [7, 11) is 1.32. The molecular formula is C34H36N8O3. The second kappa shape index (κ2) is 11.3. The lowest BCUT2D eigenvalue weighted by Gasteiger charge is -2.28. The van der Waals surface area contributed by atoms with Crippen LogP contribution in [0.1, 0.15) is 62.3 Å². The first-order valence-corrected chi connectivity index (χ1v) is 15.9. The number of carbonyl (C=O) groups is 2. The van der Waals surface area contributed by atoms with Crippen LogP contribution in [0.4, 0.5) is 4.79 Å². The molecule has 1 aliphatic carbocycles. The molecule has 2 aromatic carbocycles. The number of methoxy groups -OCH3 is 1. The number of likely N-dealkylation sites (tertiary alicyclic amines) is 1. The molecule has 230 valence electrons. The normalized spacial score (nSPS) is 20.6. The fourth-order valence-corrected chi connectivity index (χ4v) is 6.90. The number of amides is 2. The molecule has 1 saturated carbocycles. The van der Waals surface area contributed by atoms with E-state index in [4.69, 9.17) is 9.72 Å². The first-order valence-electron chi connectivity index (χ1n) is 15.9. The SMILES string of the molecule is COC(=O)N[C@H](C(=O)N1CCC[C@H]1c1nc2ncc(-c3ccc4cc(-c5cnc([C@@H]6CCCN6)[nH]5)ccc4c3)cc2[nH]1)C1CC1. The lowest BCUT2D eigenvalue weighted by Crippen LogP contribution is -2.49. The Kier molecular flexibility index (Phi) is 6.97. The first kappa shape index (κ1) is 27.8. The van der Waals surface area contributed by atoms with Crippen molar-refractivity contribution in [2.45, 2.75) is 56.7 Å². The maximum Gasteiger partial charge on any atom is 0.407 e. The zero-order valence-corrected chi connectivity index (χ0v) is 25.2. The van der Waals surface area contributed by atoms with E-state index >= 15 is 0 Å². The van der Waals surface area contributed by atoms with Crippen molar-refractivity contribution >= 4 is 33.9 Å². The maximum atomic E-state index is 13.6. The second-order valence-corrected chi connectivity index (χ2v) is 12.5. The van der Waals surface area contributed by atoms with E-state index in [1.165, 1.54) is 13.5 Å². The molecule has 3 fully saturated rings. The molecule has 3 aliphatic rings. The number of rotatable bonds is 7. The Hall–Kier alpha value is -4.77. The number of H-pyrrole nitrogens is 2. The lowest BCUT2D eigenvalue weighted by molar-refractivity contribution is -0.135. The van der Waals surface area contributed by atoms with Crippen LogP contribution in [0.3, 0.4) is 0 Å². The molecule has 11 nitrogen and oxygen atoms in total. The van der Waals surface area contributed by atoms with E-state index in [2.05, 4.69) is 73.0 Å². The molecule has 3 atom stereocenters. The number of nitrogens with zero attached hydrogens (tertiary/aromatic N) is 4. The van der Waals surface area contributed by atoms with E-state index in [1.54, 1.807) is 0 Å². The Morgan fingerprint density at radius 2 is 1.73 bits per heavy atom. The fourth-order valence-electron chi connectivity index (χ4n) is 6.90. The highest BCUT2D eigenvalue weighted by molar-refractivity contribution is 5.91. The van der Waals surface area contributed by atoms with Gasteiger partial charge >= 0.3 is 6.09 Å². The van der Waals surface area contributed by atoms with E-state index in [0.717, 1.165) is 89.0 Å². The van der Waals surface area contributed by atoms with Crippen molar-refractivity contribution in [3.8, 4) is 22.4 Å². The number of hydrogen-bond donors (Lipinski definition) is 4.